The lowest BCUT2D eigenvalue weighted by molar-refractivity contribution is -0.274. The van der Waals surface area contributed by atoms with Gasteiger partial charge in [0.2, 0.25) is 5.95 Å². The van der Waals surface area contributed by atoms with E-state index in [4.69, 9.17) is 4.74 Å². The number of amides is 1. The van der Waals surface area contributed by atoms with E-state index in [9.17, 15) is 18.0 Å². The molecular weight excluding hydrogens is 425 g/mol. The van der Waals surface area contributed by atoms with Crippen LogP contribution in [0.1, 0.15) is 53.1 Å². The standard InChI is InChI=1S/C22H25F3N4O3/c1-31-13-18-3-2-6-29(18)20(30)17-11-27-21(28-12-17)26-10-14-7-16(15-4-5-15)9-19(8-14)32-22(23,24)25/h7-9,11-12,15,18H,2-6,10,13H2,1H3,(H,26,27,28)/t18-/m1/s1. The minimum atomic E-state index is -4.74. The van der Waals surface area contributed by atoms with Crippen LogP contribution in [0.25, 0.3) is 0 Å². The number of carbonyl (C=O) groups is 1. The summed E-state index contributed by atoms with van der Waals surface area (Å²) in [5, 5.41) is 3.00. The van der Waals surface area contributed by atoms with Crippen LogP contribution in [0.2, 0.25) is 0 Å². The fourth-order valence-electron chi connectivity index (χ4n) is 3.98. The Morgan fingerprint density at radius 1 is 1.19 bits per heavy atom. The lowest BCUT2D eigenvalue weighted by atomic mass is 10.1. The lowest BCUT2D eigenvalue weighted by Gasteiger charge is -2.23. The number of anilines is 1. The number of ether oxygens (including phenoxy) is 2. The Hall–Kier alpha value is -2.88. The molecule has 2 aliphatic rings. The maximum Gasteiger partial charge on any atom is 0.573 e. The molecule has 0 spiro atoms. The van der Waals surface area contributed by atoms with E-state index in [0.29, 0.717) is 24.3 Å². The number of nitrogens with zero attached hydrogens (tertiary/aromatic N) is 3. The molecule has 1 saturated carbocycles. The zero-order valence-corrected chi connectivity index (χ0v) is 17.7. The molecule has 1 aromatic heterocycles. The fourth-order valence-corrected chi connectivity index (χ4v) is 3.98. The Labute approximate surface area is 183 Å². The zero-order chi connectivity index (χ0) is 22.7. The van der Waals surface area contributed by atoms with Crippen LogP contribution in [-0.2, 0) is 11.3 Å². The summed E-state index contributed by atoms with van der Waals surface area (Å²) in [6.45, 7) is 1.39. The summed E-state index contributed by atoms with van der Waals surface area (Å²) in [5.41, 5.74) is 1.86. The highest BCUT2D eigenvalue weighted by Gasteiger charge is 2.32. The van der Waals surface area contributed by atoms with Crippen LogP contribution < -0.4 is 10.1 Å². The van der Waals surface area contributed by atoms with Gasteiger partial charge in [-0.1, -0.05) is 6.07 Å². The number of hydrogen-bond donors (Lipinski definition) is 1. The molecule has 1 atom stereocenters. The molecule has 7 nitrogen and oxygen atoms in total. The largest absolute Gasteiger partial charge is 0.573 e. The summed E-state index contributed by atoms with van der Waals surface area (Å²) in [6.07, 6.45) is 1.93. The SMILES string of the molecule is COC[C@H]1CCCN1C(=O)c1cnc(NCc2cc(OC(F)(F)F)cc(C3CC3)c2)nc1. The maximum atomic E-state index is 12.7. The molecular formula is C22H25F3N4O3. The van der Waals surface area contributed by atoms with Gasteiger partial charge in [0.25, 0.3) is 5.91 Å². The highest BCUT2D eigenvalue weighted by molar-refractivity contribution is 5.94. The number of benzene rings is 1. The Kier molecular flexibility index (Phi) is 6.50. The van der Waals surface area contributed by atoms with Gasteiger partial charge >= 0.3 is 6.36 Å². The molecule has 0 radical (unpaired) electrons. The normalized spacial score (nSPS) is 18.6. The van der Waals surface area contributed by atoms with Crippen molar-refractivity contribution in [2.75, 3.05) is 25.6 Å². The van der Waals surface area contributed by atoms with Crippen molar-refractivity contribution in [1.29, 1.82) is 0 Å². The van der Waals surface area contributed by atoms with Gasteiger partial charge in [0.15, 0.2) is 0 Å². The lowest BCUT2D eigenvalue weighted by Crippen LogP contribution is -2.38. The molecule has 1 aliphatic carbocycles. The molecule has 0 bridgehead atoms. The predicted octanol–water partition coefficient (Wildman–Crippen LogP) is 4.12. The number of hydrogen-bond acceptors (Lipinski definition) is 6. The van der Waals surface area contributed by atoms with Crippen LogP contribution in [0.5, 0.6) is 5.75 Å². The van der Waals surface area contributed by atoms with Crippen LogP contribution in [0, 0.1) is 0 Å². The van der Waals surface area contributed by atoms with E-state index < -0.39 is 6.36 Å². The number of alkyl halides is 3. The van der Waals surface area contributed by atoms with E-state index in [2.05, 4.69) is 20.0 Å². The van der Waals surface area contributed by atoms with E-state index in [0.717, 1.165) is 31.2 Å². The molecule has 1 aromatic carbocycles. The van der Waals surface area contributed by atoms with Gasteiger partial charge in [0.1, 0.15) is 5.75 Å². The summed E-state index contributed by atoms with van der Waals surface area (Å²) in [5.74, 6) is 0.199. The topological polar surface area (TPSA) is 76.6 Å². The van der Waals surface area contributed by atoms with Crippen molar-refractivity contribution in [3.05, 3.63) is 47.3 Å². The molecule has 172 valence electrons. The molecule has 4 rings (SSSR count). The summed E-state index contributed by atoms with van der Waals surface area (Å²) in [4.78, 5) is 22.9. The molecule has 1 amide bonds. The summed E-state index contributed by atoms with van der Waals surface area (Å²) < 4.78 is 47.3. The molecule has 10 heteroatoms. The van der Waals surface area contributed by atoms with Crippen molar-refractivity contribution >= 4 is 11.9 Å². The van der Waals surface area contributed by atoms with Crippen molar-refractivity contribution in [2.24, 2.45) is 0 Å². The van der Waals surface area contributed by atoms with E-state index in [1.807, 2.05) is 6.07 Å². The van der Waals surface area contributed by atoms with Crippen molar-refractivity contribution in [3.8, 4) is 5.75 Å². The first-order valence-corrected chi connectivity index (χ1v) is 10.6. The first kappa shape index (κ1) is 22.3. The van der Waals surface area contributed by atoms with E-state index in [1.165, 1.54) is 24.5 Å². The second kappa shape index (κ2) is 9.32. The second-order valence-corrected chi connectivity index (χ2v) is 8.13. The average Bonchev–Trinajstić information content (AvgIpc) is 3.50. The minimum absolute atomic E-state index is 0.0529. The number of halogens is 3. The van der Waals surface area contributed by atoms with Crippen LogP contribution in [0.3, 0.4) is 0 Å². The smallest absolute Gasteiger partial charge is 0.406 e. The molecule has 1 saturated heterocycles. The minimum Gasteiger partial charge on any atom is -0.406 e. The number of likely N-dealkylation sites (tertiary alicyclic amines) is 1. The van der Waals surface area contributed by atoms with Crippen molar-refractivity contribution < 1.29 is 27.4 Å². The summed E-state index contributed by atoms with van der Waals surface area (Å²) >= 11 is 0. The highest BCUT2D eigenvalue weighted by atomic mass is 19.4. The Morgan fingerprint density at radius 2 is 1.94 bits per heavy atom. The molecule has 2 fully saturated rings. The third-order valence-electron chi connectivity index (χ3n) is 5.62. The van der Waals surface area contributed by atoms with Crippen LogP contribution in [-0.4, -0.2) is 53.4 Å². The summed E-state index contributed by atoms with van der Waals surface area (Å²) in [6, 6.07) is 4.72. The fraction of sp³-hybridized carbons (Fsp3) is 0.500. The Morgan fingerprint density at radius 3 is 2.59 bits per heavy atom. The van der Waals surface area contributed by atoms with Gasteiger partial charge in [0.05, 0.1) is 18.2 Å². The maximum absolute atomic E-state index is 12.7. The molecule has 32 heavy (non-hydrogen) atoms. The highest BCUT2D eigenvalue weighted by Crippen LogP contribution is 2.42. The first-order valence-electron chi connectivity index (χ1n) is 10.6. The third-order valence-corrected chi connectivity index (χ3v) is 5.62. The number of carbonyl (C=O) groups excluding carboxylic acids is 1. The van der Waals surface area contributed by atoms with Crippen LogP contribution >= 0.6 is 0 Å². The van der Waals surface area contributed by atoms with Gasteiger partial charge in [-0.05, 0) is 54.9 Å². The zero-order valence-electron chi connectivity index (χ0n) is 17.7. The van der Waals surface area contributed by atoms with Crippen molar-refractivity contribution in [2.45, 2.75) is 50.6 Å². The molecule has 2 aromatic rings. The first-order chi connectivity index (χ1) is 15.3. The van der Waals surface area contributed by atoms with Crippen molar-refractivity contribution in [3.63, 3.8) is 0 Å². The van der Waals surface area contributed by atoms with E-state index in [1.54, 1.807) is 12.0 Å². The van der Waals surface area contributed by atoms with Gasteiger partial charge in [-0.25, -0.2) is 9.97 Å². The molecule has 0 unspecified atom stereocenters. The molecule has 2 heterocycles. The monoisotopic (exact) mass is 450 g/mol. The van der Waals surface area contributed by atoms with Crippen LogP contribution in [0.15, 0.2) is 30.6 Å². The number of aromatic nitrogens is 2. The summed E-state index contributed by atoms with van der Waals surface area (Å²) in [7, 11) is 1.61. The van der Waals surface area contributed by atoms with Gasteiger partial charge in [-0.15, -0.1) is 13.2 Å². The van der Waals surface area contributed by atoms with Gasteiger partial charge in [0, 0.05) is 32.6 Å². The number of rotatable bonds is 8. The van der Waals surface area contributed by atoms with E-state index >= 15 is 0 Å². The van der Waals surface area contributed by atoms with Gasteiger partial charge in [-0.3, -0.25) is 4.79 Å². The van der Waals surface area contributed by atoms with Crippen LogP contribution in [0.4, 0.5) is 19.1 Å². The Balaban J connectivity index is 1.40. The van der Waals surface area contributed by atoms with Crippen molar-refractivity contribution in [1.82, 2.24) is 14.9 Å². The number of nitrogens with one attached hydrogen (secondary N) is 1. The average molecular weight is 450 g/mol. The number of methoxy groups -OCH3 is 1. The quantitative estimate of drug-likeness (QED) is 0.652. The Bertz CT molecular complexity index is 948. The molecule has 1 aliphatic heterocycles. The predicted molar refractivity (Wildman–Crippen MR) is 110 cm³/mol. The van der Waals surface area contributed by atoms with Gasteiger partial charge < -0.3 is 19.7 Å². The third kappa shape index (κ3) is 5.67. The van der Waals surface area contributed by atoms with E-state index in [-0.39, 0.29) is 36.1 Å². The van der Waals surface area contributed by atoms with Gasteiger partial charge in [-0.2, -0.15) is 0 Å². The second-order valence-electron chi connectivity index (χ2n) is 8.13. The molecule has 1 N–H and O–H groups in total.